The van der Waals surface area contributed by atoms with Gasteiger partial charge >= 0.3 is 0 Å². The summed E-state index contributed by atoms with van der Waals surface area (Å²) in [6.07, 6.45) is 1.65. The van der Waals surface area contributed by atoms with E-state index in [9.17, 15) is 9.18 Å². The summed E-state index contributed by atoms with van der Waals surface area (Å²) in [5.41, 5.74) is 1.55. The minimum atomic E-state index is -0.414. The molecule has 0 aliphatic heterocycles. The van der Waals surface area contributed by atoms with Crippen LogP contribution < -0.4 is 5.32 Å². The molecule has 4 rings (SSSR count). The molecule has 2 aromatic carbocycles. The zero-order valence-corrected chi connectivity index (χ0v) is 15.2. The molecule has 0 aliphatic rings. The lowest BCUT2D eigenvalue weighted by Crippen LogP contribution is -2.13. The fourth-order valence-corrected chi connectivity index (χ4v) is 3.18. The summed E-state index contributed by atoms with van der Waals surface area (Å²) in [6.45, 7) is 0. The zero-order valence-electron chi connectivity index (χ0n) is 13.6. The maximum atomic E-state index is 13.0. The Morgan fingerprint density at radius 3 is 2.67 bits per heavy atom. The topological polar surface area (TPSA) is 72.7 Å². The first-order valence-electron chi connectivity index (χ1n) is 7.82. The normalized spacial score (nSPS) is 10.7. The molecule has 2 heterocycles. The minimum Gasteiger partial charge on any atom is -0.295 e. The smallest absolute Gasteiger partial charge is 0.277 e. The van der Waals surface area contributed by atoms with Gasteiger partial charge in [0.25, 0.3) is 5.91 Å². The second kappa shape index (κ2) is 7.26. The van der Waals surface area contributed by atoms with Crippen molar-refractivity contribution < 1.29 is 9.18 Å². The molecule has 6 nitrogen and oxygen atoms in total. The molecular formula is C18H11ClFN5OS. The Morgan fingerprint density at radius 2 is 1.89 bits per heavy atom. The van der Waals surface area contributed by atoms with Gasteiger partial charge < -0.3 is 0 Å². The van der Waals surface area contributed by atoms with E-state index >= 15 is 0 Å². The number of anilines is 1. The third-order valence-corrected chi connectivity index (χ3v) is 4.62. The zero-order chi connectivity index (χ0) is 18.8. The van der Waals surface area contributed by atoms with Crippen molar-refractivity contribution in [1.82, 2.24) is 19.1 Å². The van der Waals surface area contributed by atoms with Gasteiger partial charge in [-0.05, 0) is 42.5 Å². The number of halogens is 2. The van der Waals surface area contributed by atoms with E-state index < -0.39 is 5.91 Å². The molecular weight excluding hydrogens is 389 g/mol. The van der Waals surface area contributed by atoms with Gasteiger partial charge in [0, 0.05) is 23.3 Å². The number of carbonyl (C=O) groups is 1. The Bertz CT molecular complexity index is 1110. The molecule has 0 saturated carbocycles. The Labute approximate surface area is 162 Å². The summed E-state index contributed by atoms with van der Waals surface area (Å²) in [4.78, 5) is 16.7. The molecule has 0 atom stereocenters. The molecule has 0 bridgehead atoms. The third-order valence-electron chi connectivity index (χ3n) is 3.67. The van der Waals surface area contributed by atoms with Gasteiger partial charge in [0.1, 0.15) is 5.82 Å². The highest BCUT2D eigenvalue weighted by Gasteiger charge is 2.14. The molecule has 0 radical (unpaired) electrons. The van der Waals surface area contributed by atoms with Gasteiger partial charge in [-0.3, -0.25) is 10.1 Å². The van der Waals surface area contributed by atoms with E-state index in [-0.39, 0.29) is 11.5 Å². The first kappa shape index (κ1) is 17.3. The molecule has 27 heavy (non-hydrogen) atoms. The summed E-state index contributed by atoms with van der Waals surface area (Å²) < 4.78 is 18.7. The Hall–Kier alpha value is -3.10. The Balaban J connectivity index is 1.50. The fourth-order valence-electron chi connectivity index (χ4n) is 2.37. The van der Waals surface area contributed by atoms with Crippen LogP contribution in [-0.4, -0.2) is 25.0 Å². The van der Waals surface area contributed by atoms with E-state index in [0.717, 1.165) is 11.5 Å². The van der Waals surface area contributed by atoms with Crippen LogP contribution in [0.1, 0.15) is 10.5 Å². The third kappa shape index (κ3) is 3.71. The van der Waals surface area contributed by atoms with Crippen LogP contribution in [0, 0.1) is 5.82 Å². The monoisotopic (exact) mass is 399 g/mol. The number of aromatic nitrogens is 4. The first-order chi connectivity index (χ1) is 13.1. The van der Waals surface area contributed by atoms with E-state index in [0.29, 0.717) is 27.2 Å². The number of benzene rings is 2. The van der Waals surface area contributed by atoms with Gasteiger partial charge in [-0.1, -0.05) is 23.7 Å². The number of nitrogens with one attached hydrogen (secondary N) is 1. The molecule has 2 aromatic heterocycles. The van der Waals surface area contributed by atoms with Gasteiger partial charge in [0.15, 0.2) is 11.5 Å². The largest absolute Gasteiger partial charge is 0.295 e. The highest BCUT2D eigenvalue weighted by Crippen LogP contribution is 2.22. The first-order valence-corrected chi connectivity index (χ1v) is 8.97. The average molecular weight is 400 g/mol. The molecule has 0 saturated heterocycles. The number of hydrogen-bond acceptors (Lipinski definition) is 5. The van der Waals surface area contributed by atoms with Crippen LogP contribution in [0.25, 0.3) is 17.1 Å². The molecule has 1 N–H and O–H groups in total. The van der Waals surface area contributed by atoms with Gasteiger partial charge in [-0.2, -0.15) is 14.5 Å². The molecule has 0 fully saturated rings. The van der Waals surface area contributed by atoms with Crippen molar-refractivity contribution in [2.24, 2.45) is 0 Å². The highest BCUT2D eigenvalue weighted by atomic mass is 35.5. The molecule has 9 heteroatoms. The quantitative estimate of drug-likeness (QED) is 0.550. The standard InChI is InChI=1S/C18H11ClFN5OS/c19-13-3-1-2-4-15(13)25-10-9-14(23-25)17(26)22-18-21-16(24-27-18)11-5-7-12(20)8-6-11/h1-10H,(H,21,22,24,26). The molecule has 0 spiro atoms. The second-order valence-corrected chi connectivity index (χ2v) is 6.64. The van der Waals surface area contributed by atoms with Crippen molar-refractivity contribution >= 4 is 34.2 Å². The lowest BCUT2D eigenvalue weighted by atomic mass is 10.2. The SMILES string of the molecule is O=C(Nc1nc(-c2ccc(F)cc2)ns1)c1ccn(-c2ccccc2Cl)n1. The van der Waals surface area contributed by atoms with Crippen LogP contribution >= 0.6 is 23.1 Å². The molecule has 134 valence electrons. The molecule has 0 aliphatic carbocycles. The van der Waals surface area contributed by atoms with E-state index in [4.69, 9.17) is 11.6 Å². The van der Waals surface area contributed by atoms with Crippen molar-refractivity contribution in [2.75, 3.05) is 5.32 Å². The summed E-state index contributed by atoms with van der Waals surface area (Å²) in [6, 6.07) is 14.6. The van der Waals surface area contributed by atoms with Crippen LogP contribution in [0.3, 0.4) is 0 Å². The Morgan fingerprint density at radius 1 is 1.11 bits per heavy atom. The van der Waals surface area contributed by atoms with E-state index in [1.165, 1.54) is 16.8 Å². The van der Waals surface area contributed by atoms with Crippen LogP contribution in [0.2, 0.25) is 5.02 Å². The van der Waals surface area contributed by atoms with Crippen LogP contribution in [0.5, 0.6) is 0 Å². The minimum absolute atomic E-state index is 0.216. The van der Waals surface area contributed by atoms with Gasteiger partial charge in [0.05, 0.1) is 10.7 Å². The lowest BCUT2D eigenvalue weighted by Gasteiger charge is -2.03. The predicted molar refractivity (Wildman–Crippen MR) is 102 cm³/mol. The predicted octanol–water partition coefficient (Wildman–Crippen LogP) is 4.44. The average Bonchev–Trinajstić information content (AvgIpc) is 3.32. The van der Waals surface area contributed by atoms with Gasteiger partial charge in [-0.25, -0.2) is 9.07 Å². The fraction of sp³-hybridized carbons (Fsp3) is 0. The molecule has 0 unspecified atom stereocenters. The van der Waals surface area contributed by atoms with E-state index in [1.807, 2.05) is 12.1 Å². The maximum Gasteiger partial charge on any atom is 0.277 e. The van der Waals surface area contributed by atoms with Gasteiger partial charge in [0.2, 0.25) is 5.13 Å². The van der Waals surface area contributed by atoms with Crippen molar-refractivity contribution in [3.8, 4) is 17.1 Å². The molecule has 4 aromatic rings. The van der Waals surface area contributed by atoms with E-state index in [1.54, 1.807) is 36.5 Å². The number of carbonyl (C=O) groups excluding carboxylic acids is 1. The van der Waals surface area contributed by atoms with Crippen LogP contribution in [0.15, 0.2) is 60.8 Å². The van der Waals surface area contributed by atoms with Crippen LogP contribution in [-0.2, 0) is 0 Å². The van der Waals surface area contributed by atoms with Crippen molar-refractivity contribution in [2.45, 2.75) is 0 Å². The maximum absolute atomic E-state index is 13.0. The lowest BCUT2D eigenvalue weighted by molar-refractivity contribution is 0.102. The molecule has 1 amide bonds. The summed E-state index contributed by atoms with van der Waals surface area (Å²) in [5, 5.41) is 7.76. The number of amides is 1. The van der Waals surface area contributed by atoms with Crippen molar-refractivity contribution in [1.29, 1.82) is 0 Å². The highest BCUT2D eigenvalue weighted by molar-refractivity contribution is 7.10. The summed E-state index contributed by atoms with van der Waals surface area (Å²) in [5.74, 6) is -0.337. The van der Waals surface area contributed by atoms with E-state index in [2.05, 4.69) is 19.8 Å². The number of para-hydroxylation sites is 1. The van der Waals surface area contributed by atoms with Crippen LogP contribution in [0.4, 0.5) is 9.52 Å². The van der Waals surface area contributed by atoms with Crippen molar-refractivity contribution in [3.63, 3.8) is 0 Å². The summed E-state index contributed by atoms with van der Waals surface area (Å²) in [7, 11) is 0. The number of hydrogen-bond donors (Lipinski definition) is 1. The van der Waals surface area contributed by atoms with Gasteiger partial charge in [-0.15, -0.1) is 0 Å². The number of nitrogens with zero attached hydrogens (tertiary/aromatic N) is 4. The number of rotatable bonds is 4. The van der Waals surface area contributed by atoms with Crippen molar-refractivity contribution in [3.05, 3.63) is 77.3 Å². The summed E-state index contributed by atoms with van der Waals surface area (Å²) >= 11 is 7.18. The second-order valence-electron chi connectivity index (χ2n) is 5.48. The Kier molecular flexibility index (Phi) is 4.66.